The summed E-state index contributed by atoms with van der Waals surface area (Å²) < 4.78 is 0. The van der Waals surface area contributed by atoms with E-state index in [1.54, 1.807) is 20.2 Å². The maximum atomic E-state index is 9.50. The van der Waals surface area contributed by atoms with Gasteiger partial charge in [-0.3, -0.25) is 0 Å². The molecule has 1 aromatic rings. The first-order valence-corrected chi connectivity index (χ1v) is 4.07. The molecule has 0 unspecified atom stereocenters. The molecular formula is C10H14N2O. The summed E-state index contributed by atoms with van der Waals surface area (Å²) in [4.78, 5) is 0. The minimum atomic E-state index is 0.233. The summed E-state index contributed by atoms with van der Waals surface area (Å²) in [6.45, 7) is 3.80. The van der Waals surface area contributed by atoms with Gasteiger partial charge in [0.25, 0.3) is 0 Å². The monoisotopic (exact) mass is 178 g/mol. The number of anilines is 1. The van der Waals surface area contributed by atoms with E-state index < -0.39 is 0 Å². The van der Waals surface area contributed by atoms with Crippen molar-refractivity contribution in [3.8, 4) is 5.75 Å². The van der Waals surface area contributed by atoms with Crippen LogP contribution in [0.15, 0.2) is 24.8 Å². The van der Waals surface area contributed by atoms with E-state index in [0.29, 0.717) is 5.69 Å². The summed E-state index contributed by atoms with van der Waals surface area (Å²) in [5.41, 5.74) is 2.39. The molecule has 0 fully saturated rings. The maximum Gasteiger partial charge on any atom is 0.139 e. The first-order valence-electron chi connectivity index (χ1n) is 4.07. The van der Waals surface area contributed by atoms with Gasteiger partial charge in [-0.2, -0.15) is 0 Å². The van der Waals surface area contributed by atoms with Gasteiger partial charge in [0.1, 0.15) is 5.75 Å². The van der Waals surface area contributed by atoms with Crippen LogP contribution in [0.2, 0.25) is 0 Å². The van der Waals surface area contributed by atoms with E-state index in [1.807, 2.05) is 12.1 Å². The van der Waals surface area contributed by atoms with E-state index in [9.17, 15) is 5.11 Å². The third kappa shape index (κ3) is 1.93. The number of phenols is 1. The maximum absolute atomic E-state index is 9.50. The standard InChI is InChI=1S/C10H14N2O/c1-7(11-2)8-4-5-9(12-3)10(13)6-8/h4-6,11-13H,1H2,2-3H3. The van der Waals surface area contributed by atoms with Crippen molar-refractivity contribution >= 4 is 11.4 Å². The Kier molecular flexibility index (Phi) is 2.80. The van der Waals surface area contributed by atoms with Crippen molar-refractivity contribution in [2.24, 2.45) is 0 Å². The number of nitrogens with one attached hydrogen (secondary N) is 2. The highest BCUT2D eigenvalue weighted by molar-refractivity contribution is 5.68. The average molecular weight is 178 g/mol. The molecule has 0 saturated carbocycles. The molecule has 13 heavy (non-hydrogen) atoms. The van der Waals surface area contributed by atoms with Crippen molar-refractivity contribution in [1.82, 2.24) is 5.32 Å². The number of hydrogen-bond donors (Lipinski definition) is 3. The fourth-order valence-corrected chi connectivity index (χ4v) is 1.08. The molecule has 0 aliphatic heterocycles. The molecule has 0 aliphatic carbocycles. The van der Waals surface area contributed by atoms with Crippen LogP contribution in [-0.2, 0) is 0 Å². The van der Waals surface area contributed by atoms with Crippen LogP contribution in [0, 0.1) is 0 Å². The molecule has 3 nitrogen and oxygen atoms in total. The third-order valence-electron chi connectivity index (χ3n) is 1.92. The Balaban J connectivity index is 3.02. The number of hydrogen-bond acceptors (Lipinski definition) is 3. The Bertz CT molecular complexity index is 321. The normalized spacial score (nSPS) is 9.38. The Morgan fingerprint density at radius 1 is 1.38 bits per heavy atom. The van der Waals surface area contributed by atoms with Gasteiger partial charge in [0.15, 0.2) is 0 Å². The van der Waals surface area contributed by atoms with Gasteiger partial charge in [-0.15, -0.1) is 0 Å². The molecule has 0 saturated heterocycles. The summed E-state index contributed by atoms with van der Waals surface area (Å²) in [5.74, 6) is 0.233. The van der Waals surface area contributed by atoms with Gasteiger partial charge in [0.05, 0.1) is 5.69 Å². The van der Waals surface area contributed by atoms with Gasteiger partial charge in [-0.05, 0) is 12.1 Å². The molecule has 3 heteroatoms. The summed E-state index contributed by atoms with van der Waals surface area (Å²) in [6.07, 6.45) is 0. The van der Waals surface area contributed by atoms with Crippen molar-refractivity contribution in [3.05, 3.63) is 30.3 Å². The molecule has 1 rings (SSSR count). The highest BCUT2D eigenvalue weighted by Crippen LogP contribution is 2.25. The van der Waals surface area contributed by atoms with E-state index >= 15 is 0 Å². The number of rotatable bonds is 3. The minimum Gasteiger partial charge on any atom is -0.506 e. The van der Waals surface area contributed by atoms with Crippen LogP contribution in [0.5, 0.6) is 5.75 Å². The van der Waals surface area contributed by atoms with Gasteiger partial charge in [-0.25, -0.2) is 0 Å². The molecule has 0 atom stereocenters. The predicted octanol–water partition coefficient (Wildman–Crippen LogP) is 1.62. The van der Waals surface area contributed by atoms with Crippen LogP contribution in [0.25, 0.3) is 5.70 Å². The number of aromatic hydroxyl groups is 1. The quantitative estimate of drug-likeness (QED) is 0.616. The van der Waals surface area contributed by atoms with Gasteiger partial charge in [0, 0.05) is 25.4 Å². The Hall–Kier alpha value is -1.64. The van der Waals surface area contributed by atoms with Crippen LogP contribution in [0.1, 0.15) is 5.56 Å². The van der Waals surface area contributed by atoms with E-state index in [1.165, 1.54) is 0 Å². The highest BCUT2D eigenvalue weighted by atomic mass is 16.3. The van der Waals surface area contributed by atoms with Crippen molar-refractivity contribution in [2.75, 3.05) is 19.4 Å². The zero-order valence-corrected chi connectivity index (χ0v) is 7.89. The first-order chi connectivity index (χ1) is 6.19. The summed E-state index contributed by atoms with van der Waals surface area (Å²) >= 11 is 0. The summed E-state index contributed by atoms with van der Waals surface area (Å²) in [5, 5.41) is 15.3. The highest BCUT2D eigenvalue weighted by Gasteiger charge is 2.01. The molecule has 0 heterocycles. The van der Waals surface area contributed by atoms with Crippen LogP contribution >= 0.6 is 0 Å². The molecule has 70 valence electrons. The van der Waals surface area contributed by atoms with E-state index in [0.717, 1.165) is 11.3 Å². The van der Waals surface area contributed by atoms with E-state index in [2.05, 4.69) is 17.2 Å². The fourth-order valence-electron chi connectivity index (χ4n) is 1.08. The number of benzene rings is 1. The second kappa shape index (κ2) is 3.85. The van der Waals surface area contributed by atoms with Crippen molar-refractivity contribution < 1.29 is 5.11 Å². The Morgan fingerprint density at radius 3 is 2.54 bits per heavy atom. The van der Waals surface area contributed by atoms with Crippen molar-refractivity contribution in [2.45, 2.75) is 0 Å². The molecule has 1 aromatic carbocycles. The van der Waals surface area contributed by atoms with Gasteiger partial charge in [-0.1, -0.05) is 12.6 Å². The lowest BCUT2D eigenvalue weighted by atomic mass is 10.1. The predicted molar refractivity (Wildman–Crippen MR) is 55.7 cm³/mol. The second-order valence-corrected chi connectivity index (χ2v) is 2.71. The van der Waals surface area contributed by atoms with E-state index in [4.69, 9.17) is 0 Å². The molecule has 3 N–H and O–H groups in total. The summed E-state index contributed by atoms with van der Waals surface area (Å²) in [7, 11) is 3.56. The van der Waals surface area contributed by atoms with Crippen LogP contribution < -0.4 is 10.6 Å². The first kappa shape index (κ1) is 9.45. The Labute approximate surface area is 78.1 Å². The smallest absolute Gasteiger partial charge is 0.139 e. The fraction of sp³-hybridized carbons (Fsp3) is 0.200. The second-order valence-electron chi connectivity index (χ2n) is 2.71. The molecule has 0 aromatic heterocycles. The minimum absolute atomic E-state index is 0.233. The van der Waals surface area contributed by atoms with Gasteiger partial charge >= 0.3 is 0 Å². The molecular weight excluding hydrogens is 164 g/mol. The average Bonchev–Trinajstić information content (AvgIpc) is 2.16. The molecule has 0 radical (unpaired) electrons. The van der Waals surface area contributed by atoms with Crippen LogP contribution in [0.4, 0.5) is 5.69 Å². The lowest BCUT2D eigenvalue weighted by Crippen LogP contribution is -2.02. The zero-order chi connectivity index (χ0) is 9.84. The lowest BCUT2D eigenvalue weighted by Gasteiger charge is -2.08. The molecule has 0 bridgehead atoms. The van der Waals surface area contributed by atoms with E-state index in [-0.39, 0.29) is 5.75 Å². The van der Waals surface area contributed by atoms with Crippen molar-refractivity contribution in [1.29, 1.82) is 0 Å². The van der Waals surface area contributed by atoms with Gasteiger partial charge < -0.3 is 15.7 Å². The van der Waals surface area contributed by atoms with Crippen LogP contribution in [0.3, 0.4) is 0 Å². The molecule has 0 aliphatic rings. The zero-order valence-electron chi connectivity index (χ0n) is 7.89. The topological polar surface area (TPSA) is 44.3 Å². The molecule has 0 amide bonds. The third-order valence-corrected chi connectivity index (χ3v) is 1.92. The summed E-state index contributed by atoms with van der Waals surface area (Å²) in [6, 6.07) is 5.38. The number of phenolic OH excluding ortho intramolecular Hbond substituents is 1. The lowest BCUT2D eigenvalue weighted by molar-refractivity contribution is 0.477. The molecule has 0 spiro atoms. The SMILES string of the molecule is C=C(NC)c1ccc(NC)c(O)c1. The van der Waals surface area contributed by atoms with Crippen molar-refractivity contribution in [3.63, 3.8) is 0 Å². The largest absolute Gasteiger partial charge is 0.506 e. The van der Waals surface area contributed by atoms with Crippen LogP contribution in [-0.4, -0.2) is 19.2 Å². The Morgan fingerprint density at radius 2 is 2.08 bits per heavy atom. The van der Waals surface area contributed by atoms with Gasteiger partial charge in [0.2, 0.25) is 0 Å².